The average Bonchev–Trinajstić information content (AvgIpc) is 3.05. The van der Waals surface area contributed by atoms with Gasteiger partial charge in [0.2, 0.25) is 0 Å². The van der Waals surface area contributed by atoms with E-state index in [0.29, 0.717) is 25.2 Å². The number of aliphatic imine (C=N–C) groups is 1. The maximum Gasteiger partial charge on any atom is 0.192 e. The van der Waals surface area contributed by atoms with Gasteiger partial charge in [-0.3, -0.25) is 4.90 Å². The minimum Gasteiger partial charge on any atom is -0.354 e. The van der Waals surface area contributed by atoms with Crippen molar-refractivity contribution in [2.75, 3.05) is 13.1 Å². The molecule has 0 aliphatic carbocycles. The third-order valence-electron chi connectivity index (χ3n) is 5.56. The van der Waals surface area contributed by atoms with Crippen LogP contribution < -0.4 is 10.6 Å². The molecule has 1 aromatic heterocycles. The van der Waals surface area contributed by atoms with Crippen LogP contribution in [0.15, 0.2) is 48.0 Å². The molecule has 1 saturated heterocycles. The smallest absolute Gasteiger partial charge is 0.192 e. The molecular formula is C22H33N7. The van der Waals surface area contributed by atoms with Gasteiger partial charge in [-0.25, -0.2) is 4.99 Å². The molecule has 2 heterocycles. The van der Waals surface area contributed by atoms with Crippen molar-refractivity contribution in [2.24, 2.45) is 12.0 Å². The molecule has 0 saturated carbocycles. The number of nitrogens with zero attached hydrogens (tertiary/aromatic N) is 5. The molecule has 2 aromatic rings. The first-order valence-electron chi connectivity index (χ1n) is 10.4. The van der Waals surface area contributed by atoms with Crippen molar-refractivity contribution in [1.29, 1.82) is 0 Å². The highest BCUT2D eigenvalue weighted by Crippen LogP contribution is 2.20. The van der Waals surface area contributed by atoms with Gasteiger partial charge in [0.05, 0.1) is 0 Å². The number of rotatable bonds is 7. The summed E-state index contributed by atoms with van der Waals surface area (Å²) in [6.45, 7) is 11.3. The minimum absolute atomic E-state index is 0.398. The van der Waals surface area contributed by atoms with Crippen LogP contribution in [0.2, 0.25) is 0 Å². The van der Waals surface area contributed by atoms with Gasteiger partial charge in [0.1, 0.15) is 12.4 Å². The highest BCUT2D eigenvalue weighted by atomic mass is 15.3. The van der Waals surface area contributed by atoms with Crippen LogP contribution in [-0.2, 0) is 20.1 Å². The molecule has 156 valence electrons. The third-order valence-corrected chi connectivity index (χ3v) is 5.56. The first-order chi connectivity index (χ1) is 14.1. The predicted octanol–water partition coefficient (Wildman–Crippen LogP) is 2.40. The molecule has 29 heavy (non-hydrogen) atoms. The van der Waals surface area contributed by atoms with E-state index in [1.807, 2.05) is 24.6 Å². The van der Waals surface area contributed by atoms with Crippen LogP contribution in [0.5, 0.6) is 0 Å². The quantitative estimate of drug-likeness (QED) is 0.428. The van der Waals surface area contributed by atoms with Gasteiger partial charge in [-0.15, -0.1) is 16.8 Å². The Kier molecular flexibility index (Phi) is 7.41. The number of piperidine rings is 1. The van der Waals surface area contributed by atoms with Crippen LogP contribution in [-0.4, -0.2) is 50.8 Å². The Bertz CT molecular complexity index is 812. The maximum absolute atomic E-state index is 4.72. The van der Waals surface area contributed by atoms with Crippen molar-refractivity contribution in [3.8, 4) is 0 Å². The van der Waals surface area contributed by atoms with Crippen molar-refractivity contribution in [3.63, 3.8) is 0 Å². The Balaban J connectivity index is 1.57. The van der Waals surface area contributed by atoms with E-state index in [0.717, 1.165) is 43.5 Å². The van der Waals surface area contributed by atoms with E-state index in [1.165, 1.54) is 5.56 Å². The fourth-order valence-corrected chi connectivity index (χ4v) is 3.66. The van der Waals surface area contributed by atoms with Gasteiger partial charge in [-0.1, -0.05) is 36.4 Å². The van der Waals surface area contributed by atoms with Crippen LogP contribution in [0, 0.1) is 6.92 Å². The van der Waals surface area contributed by atoms with Crippen LogP contribution in [0.1, 0.15) is 37.0 Å². The molecule has 2 unspecified atom stereocenters. The Morgan fingerprint density at radius 3 is 2.76 bits per heavy atom. The fourth-order valence-electron chi connectivity index (χ4n) is 3.66. The van der Waals surface area contributed by atoms with Gasteiger partial charge in [-0.05, 0) is 32.3 Å². The predicted molar refractivity (Wildman–Crippen MR) is 118 cm³/mol. The average molecular weight is 396 g/mol. The molecule has 7 heteroatoms. The normalized spacial score (nSPS) is 20.4. The summed E-state index contributed by atoms with van der Waals surface area (Å²) >= 11 is 0. The molecule has 1 aromatic carbocycles. The van der Waals surface area contributed by atoms with Gasteiger partial charge in [0.15, 0.2) is 11.8 Å². The first kappa shape index (κ1) is 21.0. The zero-order valence-electron chi connectivity index (χ0n) is 17.8. The van der Waals surface area contributed by atoms with E-state index in [1.54, 1.807) is 0 Å². The topological polar surface area (TPSA) is 70.4 Å². The summed E-state index contributed by atoms with van der Waals surface area (Å²) in [7, 11) is 1.97. The molecule has 1 aliphatic heterocycles. The summed E-state index contributed by atoms with van der Waals surface area (Å²) in [6.07, 6.45) is 4.02. The Morgan fingerprint density at radius 2 is 2.10 bits per heavy atom. The maximum atomic E-state index is 4.72. The summed E-state index contributed by atoms with van der Waals surface area (Å²) in [5.41, 5.74) is 1.37. The molecular weight excluding hydrogens is 362 g/mol. The second-order valence-corrected chi connectivity index (χ2v) is 7.73. The highest BCUT2D eigenvalue weighted by Gasteiger charge is 2.26. The monoisotopic (exact) mass is 395 g/mol. The molecule has 3 rings (SSSR count). The van der Waals surface area contributed by atoms with Crippen molar-refractivity contribution < 1.29 is 0 Å². The Hall–Kier alpha value is -2.67. The molecule has 2 atom stereocenters. The van der Waals surface area contributed by atoms with E-state index < -0.39 is 0 Å². The standard InChI is InChI=1S/C22H33N7/c1-5-12-23-22(24-15-21-27-26-18(3)28(21)4)25-20-11-13-29(17(2)14-20)16-19-9-7-6-8-10-19/h5-10,17,20H,1,11-16H2,2-4H3,(H2,23,24,25). The lowest BCUT2D eigenvalue weighted by Gasteiger charge is -2.38. The number of nitrogens with one attached hydrogen (secondary N) is 2. The molecule has 2 N–H and O–H groups in total. The first-order valence-corrected chi connectivity index (χ1v) is 10.4. The van der Waals surface area contributed by atoms with Crippen molar-refractivity contribution in [2.45, 2.75) is 51.9 Å². The van der Waals surface area contributed by atoms with Gasteiger partial charge in [0, 0.05) is 38.8 Å². The number of benzene rings is 1. The van der Waals surface area contributed by atoms with E-state index in [-0.39, 0.29) is 0 Å². The number of hydrogen-bond donors (Lipinski definition) is 2. The van der Waals surface area contributed by atoms with Crippen LogP contribution in [0.3, 0.4) is 0 Å². The van der Waals surface area contributed by atoms with Crippen LogP contribution >= 0.6 is 0 Å². The lowest BCUT2D eigenvalue weighted by atomic mass is 9.97. The van der Waals surface area contributed by atoms with Crippen LogP contribution in [0.4, 0.5) is 0 Å². The summed E-state index contributed by atoms with van der Waals surface area (Å²) < 4.78 is 1.97. The summed E-state index contributed by atoms with van der Waals surface area (Å²) in [4.78, 5) is 7.28. The third kappa shape index (κ3) is 5.90. The number of aromatic nitrogens is 3. The molecule has 1 fully saturated rings. The number of aryl methyl sites for hydroxylation is 1. The second-order valence-electron chi connectivity index (χ2n) is 7.73. The zero-order chi connectivity index (χ0) is 20.6. The van der Waals surface area contributed by atoms with E-state index in [9.17, 15) is 0 Å². The number of hydrogen-bond acceptors (Lipinski definition) is 4. The van der Waals surface area contributed by atoms with Gasteiger partial charge in [-0.2, -0.15) is 0 Å². The van der Waals surface area contributed by atoms with Crippen LogP contribution in [0.25, 0.3) is 0 Å². The number of guanidine groups is 1. The SMILES string of the molecule is C=CCNC(=NCc1nnc(C)n1C)NC1CCN(Cc2ccccc2)C(C)C1. The van der Waals surface area contributed by atoms with Gasteiger partial charge < -0.3 is 15.2 Å². The van der Waals surface area contributed by atoms with Crippen molar-refractivity contribution in [3.05, 3.63) is 60.2 Å². The lowest BCUT2D eigenvalue weighted by molar-refractivity contribution is 0.134. The molecule has 0 amide bonds. The largest absolute Gasteiger partial charge is 0.354 e. The van der Waals surface area contributed by atoms with Gasteiger partial charge >= 0.3 is 0 Å². The zero-order valence-corrected chi connectivity index (χ0v) is 17.8. The van der Waals surface area contributed by atoms with E-state index in [2.05, 4.69) is 69.6 Å². The van der Waals surface area contributed by atoms with Crippen molar-refractivity contribution in [1.82, 2.24) is 30.3 Å². The van der Waals surface area contributed by atoms with E-state index in [4.69, 9.17) is 4.99 Å². The molecule has 0 spiro atoms. The summed E-state index contributed by atoms with van der Waals surface area (Å²) in [6, 6.07) is 11.6. The minimum atomic E-state index is 0.398. The Labute approximate surface area is 173 Å². The second kappa shape index (κ2) is 10.2. The molecule has 0 bridgehead atoms. The number of likely N-dealkylation sites (tertiary alicyclic amines) is 1. The fraction of sp³-hybridized carbons (Fsp3) is 0.500. The molecule has 7 nitrogen and oxygen atoms in total. The highest BCUT2D eigenvalue weighted by molar-refractivity contribution is 5.80. The van der Waals surface area contributed by atoms with Crippen molar-refractivity contribution >= 4 is 5.96 Å². The lowest BCUT2D eigenvalue weighted by Crippen LogP contribution is -2.51. The summed E-state index contributed by atoms with van der Waals surface area (Å²) in [5.74, 6) is 2.55. The van der Waals surface area contributed by atoms with Gasteiger partial charge in [0.25, 0.3) is 0 Å². The Morgan fingerprint density at radius 1 is 1.31 bits per heavy atom. The van der Waals surface area contributed by atoms with E-state index >= 15 is 0 Å². The summed E-state index contributed by atoms with van der Waals surface area (Å²) in [5, 5.41) is 15.2. The molecule has 1 aliphatic rings. The molecule has 0 radical (unpaired) electrons.